The zero-order valence-corrected chi connectivity index (χ0v) is 17.3. The summed E-state index contributed by atoms with van der Waals surface area (Å²) in [6.07, 6.45) is 1.50. The Balaban J connectivity index is 1.68. The molecule has 150 valence electrons. The molecule has 0 unspecified atom stereocenters. The van der Waals surface area contributed by atoms with Crippen LogP contribution in [-0.4, -0.2) is 52.7 Å². The Morgan fingerprint density at radius 1 is 1.14 bits per heavy atom. The normalized spacial score (nSPS) is 15.5. The smallest absolute Gasteiger partial charge is 0.410 e. The Morgan fingerprint density at radius 2 is 1.79 bits per heavy atom. The average Bonchev–Trinajstić information content (AvgIpc) is 2.63. The number of aromatic nitrogens is 1. The lowest BCUT2D eigenvalue weighted by molar-refractivity contribution is 0.0139. The number of carbonyl (C=O) groups excluding carboxylic acids is 1. The van der Waals surface area contributed by atoms with Crippen LogP contribution in [-0.2, 0) is 11.3 Å². The molecule has 7 heteroatoms. The van der Waals surface area contributed by atoms with Crippen molar-refractivity contribution in [3.05, 3.63) is 57.5 Å². The highest BCUT2D eigenvalue weighted by Gasteiger charge is 2.26. The van der Waals surface area contributed by atoms with E-state index in [0.717, 1.165) is 29.8 Å². The molecule has 2 aromatic rings. The highest BCUT2D eigenvalue weighted by atomic mass is 35.5. The van der Waals surface area contributed by atoms with Gasteiger partial charge in [0, 0.05) is 50.0 Å². The molecule has 0 atom stereocenters. The minimum Gasteiger partial charge on any atom is -0.444 e. The Labute approximate surface area is 170 Å². The number of nitrogens with one attached hydrogen (secondary N) is 1. The number of hydrogen-bond acceptors (Lipinski definition) is 4. The van der Waals surface area contributed by atoms with Gasteiger partial charge < -0.3 is 14.6 Å². The molecule has 1 aliphatic heterocycles. The topological polar surface area (TPSA) is 65.6 Å². The molecule has 1 aromatic heterocycles. The number of ether oxygens (including phenoxy) is 1. The van der Waals surface area contributed by atoms with E-state index in [0.29, 0.717) is 24.7 Å². The van der Waals surface area contributed by atoms with Crippen LogP contribution in [0.4, 0.5) is 4.79 Å². The van der Waals surface area contributed by atoms with Crippen molar-refractivity contribution in [2.75, 3.05) is 26.2 Å². The van der Waals surface area contributed by atoms with Gasteiger partial charge in [-0.15, -0.1) is 0 Å². The van der Waals surface area contributed by atoms with Crippen molar-refractivity contribution in [3.8, 4) is 11.1 Å². The number of halogens is 1. The fraction of sp³-hybridized carbons (Fsp3) is 0.429. The van der Waals surface area contributed by atoms with E-state index in [1.807, 2.05) is 45.0 Å². The second kappa shape index (κ2) is 8.37. The second-order valence-corrected chi connectivity index (χ2v) is 8.42. The van der Waals surface area contributed by atoms with Crippen LogP contribution >= 0.6 is 11.6 Å². The van der Waals surface area contributed by atoms with Crippen molar-refractivity contribution in [1.29, 1.82) is 0 Å². The summed E-state index contributed by atoms with van der Waals surface area (Å²) in [7, 11) is 0. The van der Waals surface area contributed by atoms with Crippen molar-refractivity contribution in [2.45, 2.75) is 32.9 Å². The van der Waals surface area contributed by atoms with Gasteiger partial charge in [0.25, 0.3) is 0 Å². The molecule has 0 radical (unpaired) electrons. The summed E-state index contributed by atoms with van der Waals surface area (Å²) in [6, 6.07) is 9.10. The van der Waals surface area contributed by atoms with Gasteiger partial charge in [-0.2, -0.15) is 0 Å². The lowest BCUT2D eigenvalue weighted by Crippen LogP contribution is -2.49. The van der Waals surface area contributed by atoms with Gasteiger partial charge in [0.05, 0.1) is 0 Å². The third-order valence-electron chi connectivity index (χ3n) is 4.58. The Bertz CT molecular complexity index is 879. The molecule has 0 aliphatic carbocycles. The third kappa shape index (κ3) is 5.36. The van der Waals surface area contributed by atoms with Gasteiger partial charge in [0.2, 0.25) is 5.56 Å². The van der Waals surface area contributed by atoms with Gasteiger partial charge in [-0.05, 0) is 49.6 Å². The zero-order valence-electron chi connectivity index (χ0n) is 16.5. The summed E-state index contributed by atoms with van der Waals surface area (Å²) in [4.78, 5) is 30.9. The first kappa shape index (κ1) is 20.4. The van der Waals surface area contributed by atoms with Gasteiger partial charge in [-0.1, -0.05) is 23.7 Å². The van der Waals surface area contributed by atoms with E-state index in [1.54, 1.807) is 17.2 Å². The van der Waals surface area contributed by atoms with Gasteiger partial charge in [-0.3, -0.25) is 9.69 Å². The second-order valence-electron chi connectivity index (χ2n) is 7.99. The molecule has 0 saturated carbocycles. The molecule has 1 aliphatic rings. The van der Waals surface area contributed by atoms with Gasteiger partial charge in [0.15, 0.2) is 0 Å². The van der Waals surface area contributed by atoms with Crippen LogP contribution in [0.25, 0.3) is 11.1 Å². The number of carbonyl (C=O) groups is 1. The van der Waals surface area contributed by atoms with Crippen LogP contribution in [0.15, 0.2) is 41.3 Å². The minimum atomic E-state index is -0.488. The maximum Gasteiger partial charge on any atom is 0.410 e. The number of benzene rings is 1. The summed E-state index contributed by atoms with van der Waals surface area (Å²) < 4.78 is 5.45. The molecule has 1 fully saturated rings. The lowest BCUT2D eigenvalue weighted by atomic mass is 10.0. The molecule has 1 aromatic carbocycles. The van der Waals surface area contributed by atoms with Crippen molar-refractivity contribution < 1.29 is 9.53 Å². The molecule has 2 heterocycles. The van der Waals surface area contributed by atoms with Gasteiger partial charge >= 0.3 is 6.09 Å². The third-order valence-corrected chi connectivity index (χ3v) is 4.84. The number of rotatable bonds is 3. The molecule has 3 rings (SSSR count). The monoisotopic (exact) mass is 403 g/mol. The van der Waals surface area contributed by atoms with Crippen molar-refractivity contribution in [2.24, 2.45) is 0 Å². The standard InChI is InChI=1S/C21H26ClN3O3/c1-21(2,3)28-20(27)25-10-8-24(9-11-25)14-16-13-23-19(26)12-18(16)15-4-6-17(22)7-5-15/h4-7,12-13H,8-11,14H2,1-3H3,(H,23,26). The maximum atomic E-state index is 12.2. The van der Waals surface area contributed by atoms with Crippen molar-refractivity contribution in [1.82, 2.24) is 14.8 Å². The van der Waals surface area contributed by atoms with Crippen LogP contribution in [0.2, 0.25) is 5.02 Å². The number of piperazine rings is 1. The van der Waals surface area contributed by atoms with E-state index >= 15 is 0 Å². The Hall–Kier alpha value is -2.31. The molecule has 1 amide bonds. The Kier molecular flexibility index (Phi) is 6.10. The molecule has 0 bridgehead atoms. The predicted octanol–water partition coefficient (Wildman–Crippen LogP) is 3.75. The molecule has 0 spiro atoms. The predicted molar refractivity (Wildman–Crippen MR) is 111 cm³/mol. The van der Waals surface area contributed by atoms with E-state index < -0.39 is 5.60 Å². The first-order valence-electron chi connectivity index (χ1n) is 9.39. The number of pyridine rings is 1. The molecular formula is C21H26ClN3O3. The summed E-state index contributed by atoms with van der Waals surface area (Å²) in [5.74, 6) is 0. The average molecular weight is 404 g/mol. The van der Waals surface area contributed by atoms with Gasteiger partial charge in [0.1, 0.15) is 5.60 Å². The SMILES string of the molecule is CC(C)(C)OC(=O)N1CCN(Cc2c[nH]c(=O)cc2-c2ccc(Cl)cc2)CC1. The molecular weight excluding hydrogens is 378 g/mol. The van der Waals surface area contributed by atoms with Crippen LogP contribution in [0.3, 0.4) is 0 Å². The molecule has 1 N–H and O–H groups in total. The van der Waals surface area contributed by atoms with Crippen LogP contribution < -0.4 is 5.56 Å². The van der Waals surface area contributed by atoms with E-state index in [4.69, 9.17) is 16.3 Å². The first-order valence-corrected chi connectivity index (χ1v) is 9.77. The molecule has 1 saturated heterocycles. The lowest BCUT2D eigenvalue weighted by Gasteiger charge is -2.35. The van der Waals surface area contributed by atoms with Crippen LogP contribution in [0.5, 0.6) is 0 Å². The highest BCUT2D eigenvalue weighted by Crippen LogP contribution is 2.25. The number of hydrogen-bond donors (Lipinski definition) is 1. The Morgan fingerprint density at radius 3 is 2.39 bits per heavy atom. The summed E-state index contributed by atoms with van der Waals surface area (Å²) in [5.41, 5.74) is 2.27. The minimum absolute atomic E-state index is 0.136. The summed E-state index contributed by atoms with van der Waals surface area (Å²) in [5, 5.41) is 0.661. The fourth-order valence-corrected chi connectivity index (χ4v) is 3.31. The molecule has 28 heavy (non-hydrogen) atoms. The fourth-order valence-electron chi connectivity index (χ4n) is 3.19. The van der Waals surface area contributed by atoms with E-state index in [2.05, 4.69) is 9.88 Å². The zero-order chi connectivity index (χ0) is 20.3. The van der Waals surface area contributed by atoms with Crippen molar-refractivity contribution in [3.63, 3.8) is 0 Å². The van der Waals surface area contributed by atoms with E-state index in [-0.39, 0.29) is 11.7 Å². The number of nitrogens with zero attached hydrogens (tertiary/aromatic N) is 2. The van der Waals surface area contributed by atoms with E-state index in [1.165, 1.54) is 0 Å². The van der Waals surface area contributed by atoms with E-state index in [9.17, 15) is 9.59 Å². The summed E-state index contributed by atoms with van der Waals surface area (Å²) in [6.45, 7) is 9.04. The summed E-state index contributed by atoms with van der Waals surface area (Å²) >= 11 is 5.99. The van der Waals surface area contributed by atoms with Crippen LogP contribution in [0, 0.1) is 0 Å². The number of H-pyrrole nitrogens is 1. The van der Waals surface area contributed by atoms with Gasteiger partial charge in [-0.25, -0.2) is 4.79 Å². The molecule has 6 nitrogen and oxygen atoms in total. The number of aromatic amines is 1. The number of amides is 1. The quantitative estimate of drug-likeness (QED) is 0.847. The first-order chi connectivity index (χ1) is 13.2. The van der Waals surface area contributed by atoms with Crippen LogP contribution in [0.1, 0.15) is 26.3 Å². The largest absolute Gasteiger partial charge is 0.444 e. The van der Waals surface area contributed by atoms with Crippen molar-refractivity contribution >= 4 is 17.7 Å². The highest BCUT2D eigenvalue weighted by molar-refractivity contribution is 6.30. The maximum absolute atomic E-state index is 12.2.